The average Bonchev–Trinajstić information content (AvgIpc) is 2.59. The molecule has 0 radical (unpaired) electrons. The van der Waals surface area contributed by atoms with Crippen LogP contribution in [0.15, 0.2) is 42.5 Å². The lowest BCUT2D eigenvalue weighted by molar-refractivity contribution is -0.114. The van der Waals surface area contributed by atoms with Crippen LogP contribution < -0.4 is 14.4 Å². The molecule has 0 aliphatic carbocycles. The van der Waals surface area contributed by atoms with E-state index in [0.717, 1.165) is 16.1 Å². The number of hydrogen-bond donors (Lipinski definition) is 1. The summed E-state index contributed by atoms with van der Waals surface area (Å²) in [6.07, 6.45) is 1.03. The van der Waals surface area contributed by atoms with E-state index >= 15 is 0 Å². The van der Waals surface area contributed by atoms with Crippen LogP contribution in [-0.2, 0) is 14.8 Å². The van der Waals surface area contributed by atoms with Crippen LogP contribution >= 0.6 is 0 Å². The number of amides is 1. The largest absolute Gasteiger partial charge is 0.495 e. The number of methoxy groups -OCH3 is 1. The fourth-order valence-corrected chi connectivity index (χ4v) is 3.19. The number of benzene rings is 2. The van der Waals surface area contributed by atoms with Crippen LogP contribution in [0.4, 0.5) is 11.4 Å². The summed E-state index contributed by atoms with van der Waals surface area (Å²) in [6.45, 7) is 1.42. The molecule has 0 aromatic heterocycles. The summed E-state index contributed by atoms with van der Waals surface area (Å²) < 4.78 is 30.7. The van der Waals surface area contributed by atoms with E-state index in [4.69, 9.17) is 10.00 Å². The van der Waals surface area contributed by atoms with E-state index in [2.05, 4.69) is 5.32 Å². The van der Waals surface area contributed by atoms with E-state index in [0.29, 0.717) is 22.7 Å². The van der Waals surface area contributed by atoms with Gasteiger partial charge in [-0.25, -0.2) is 8.42 Å². The summed E-state index contributed by atoms with van der Waals surface area (Å²) in [5.74, 6) is -0.157. The molecule has 8 heteroatoms. The molecule has 0 heterocycles. The van der Waals surface area contributed by atoms with E-state index in [1.165, 1.54) is 7.11 Å². The van der Waals surface area contributed by atoms with Crippen LogP contribution in [0.3, 0.4) is 0 Å². The third kappa shape index (κ3) is 4.74. The number of anilines is 2. The predicted molar refractivity (Wildman–Crippen MR) is 99.7 cm³/mol. The quantitative estimate of drug-likeness (QED) is 0.837. The van der Waals surface area contributed by atoms with Crippen LogP contribution in [0.5, 0.6) is 5.75 Å². The maximum Gasteiger partial charge on any atom is 0.245 e. The number of sulfonamides is 1. The van der Waals surface area contributed by atoms with Gasteiger partial charge in [-0.1, -0.05) is 6.07 Å². The first-order valence-corrected chi connectivity index (χ1v) is 9.52. The zero-order valence-electron chi connectivity index (χ0n) is 14.7. The molecule has 2 rings (SSSR count). The Labute approximate surface area is 152 Å². The van der Waals surface area contributed by atoms with Gasteiger partial charge in [0.15, 0.2) is 0 Å². The molecule has 0 saturated carbocycles. The number of nitriles is 1. The highest BCUT2D eigenvalue weighted by atomic mass is 32.2. The van der Waals surface area contributed by atoms with Gasteiger partial charge in [-0.3, -0.25) is 9.10 Å². The maximum atomic E-state index is 12.4. The third-order valence-electron chi connectivity index (χ3n) is 3.59. The molecule has 2 aromatic carbocycles. The summed E-state index contributed by atoms with van der Waals surface area (Å²) >= 11 is 0. The molecular formula is C18H19N3O4S. The van der Waals surface area contributed by atoms with Gasteiger partial charge in [0.25, 0.3) is 0 Å². The lowest BCUT2D eigenvalue weighted by atomic mass is 10.2. The minimum Gasteiger partial charge on any atom is -0.495 e. The Kier molecular flexibility index (Phi) is 5.85. The van der Waals surface area contributed by atoms with Crippen molar-refractivity contribution in [2.45, 2.75) is 6.92 Å². The highest BCUT2D eigenvalue weighted by Crippen LogP contribution is 2.30. The lowest BCUT2D eigenvalue weighted by Gasteiger charge is -2.24. The van der Waals surface area contributed by atoms with E-state index < -0.39 is 22.5 Å². The van der Waals surface area contributed by atoms with E-state index in [1.807, 2.05) is 13.0 Å². The number of carbonyl (C=O) groups excluding carboxylic acids is 1. The molecule has 0 spiro atoms. The van der Waals surface area contributed by atoms with E-state index in [9.17, 15) is 13.2 Å². The van der Waals surface area contributed by atoms with Gasteiger partial charge in [-0.15, -0.1) is 0 Å². The number of rotatable bonds is 6. The van der Waals surface area contributed by atoms with Crippen molar-refractivity contribution in [2.75, 3.05) is 29.5 Å². The number of hydrogen-bond acceptors (Lipinski definition) is 5. The summed E-state index contributed by atoms with van der Waals surface area (Å²) in [5, 5.41) is 11.4. The van der Waals surface area contributed by atoms with Gasteiger partial charge in [0.05, 0.1) is 30.7 Å². The summed E-state index contributed by atoms with van der Waals surface area (Å²) in [6, 6.07) is 13.4. The SMILES string of the molecule is COc1ccc(C)cc1N(CC(=O)Nc1ccc(C#N)cc1)S(C)(=O)=O. The van der Waals surface area contributed by atoms with Crippen molar-refractivity contribution < 1.29 is 17.9 Å². The molecule has 7 nitrogen and oxygen atoms in total. The van der Waals surface area contributed by atoms with Gasteiger partial charge in [-0.05, 0) is 48.9 Å². The molecule has 0 unspecified atom stereocenters. The first kappa shape index (κ1) is 19.3. The Morgan fingerprint density at radius 3 is 2.42 bits per heavy atom. The molecule has 2 aromatic rings. The number of nitrogens with one attached hydrogen (secondary N) is 1. The summed E-state index contributed by atoms with van der Waals surface area (Å²) in [7, 11) is -2.28. The first-order chi connectivity index (χ1) is 12.2. The van der Waals surface area contributed by atoms with Crippen LogP contribution in [0.25, 0.3) is 0 Å². The van der Waals surface area contributed by atoms with Gasteiger partial charge in [0.2, 0.25) is 15.9 Å². The second kappa shape index (κ2) is 7.89. The molecule has 0 aliphatic heterocycles. The van der Waals surface area contributed by atoms with Crippen molar-refractivity contribution in [2.24, 2.45) is 0 Å². The predicted octanol–water partition coefficient (Wildman–Crippen LogP) is 2.28. The summed E-state index contributed by atoms with van der Waals surface area (Å²) in [4.78, 5) is 12.4. The molecule has 1 amide bonds. The molecular weight excluding hydrogens is 354 g/mol. The first-order valence-electron chi connectivity index (χ1n) is 7.67. The zero-order valence-corrected chi connectivity index (χ0v) is 15.5. The van der Waals surface area contributed by atoms with Crippen LogP contribution in [0, 0.1) is 18.3 Å². The fraction of sp³-hybridized carbons (Fsp3) is 0.222. The van der Waals surface area contributed by atoms with Crippen molar-refractivity contribution in [1.29, 1.82) is 5.26 Å². The van der Waals surface area contributed by atoms with Crippen LogP contribution in [-0.4, -0.2) is 34.2 Å². The molecule has 0 atom stereocenters. The molecule has 0 aliphatic rings. The average molecular weight is 373 g/mol. The minimum absolute atomic E-state index is 0.296. The Balaban J connectivity index is 2.27. The topological polar surface area (TPSA) is 99.5 Å². The number of aryl methyl sites for hydroxylation is 1. The van der Waals surface area contributed by atoms with Gasteiger partial charge < -0.3 is 10.1 Å². The minimum atomic E-state index is -3.72. The Hall–Kier alpha value is -3.05. The van der Waals surface area contributed by atoms with E-state index in [1.54, 1.807) is 42.5 Å². The summed E-state index contributed by atoms with van der Waals surface area (Å²) in [5.41, 5.74) is 2.07. The van der Waals surface area contributed by atoms with Crippen molar-refractivity contribution >= 4 is 27.3 Å². The molecule has 0 fully saturated rings. The van der Waals surface area contributed by atoms with Crippen LogP contribution in [0.1, 0.15) is 11.1 Å². The number of nitrogens with zero attached hydrogens (tertiary/aromatic N) is 2. The van der Waals surface area contributed by atoms with E-state index in [-0.39, 0.29) is 0 Å². The smallest absolute Gasteiger partial charge is 0.245 e. The molecule has 0 saturated heterocycles. The lowest BCUT2D eigenvalue weighted by Crippen LogP contribution is -2.37. The molecule has 26 heavy (non-hydrogen) atoms. The zero-order chi connectivity index (χ0) is 19.3. The molecule has 136 valence electrons. The van der Waals surface area contributed by atoms with Crippen molar-refractivity contribution in [3.8, 4) is 11.8 Å². The van der Waals surface area contributed by atoms with Crippen LogP contribution in [0.2, 0.25) is 0 Å². The second-order valence-electron chi connectivity index (χ2n) is 5.68. The Bertz CT molecular complexity index is 947. The number of ether oxygens (including phenoxy) is 1. The highest BCUT2D eigenvalue weighted by molar-refractivity contribution is 7.92. The Morgan fingerprint density at radius 1 is 1.23 bits per heavy atom. The van der Waals surface area contributed by atoms with Crippen molar-refractivity contribution in [1.82, 2.24) is 0 Å². The molecule has 0 bridgehead atoms. The Morgan fingerprint density at radius 2 is 1.88 bits per heavy atom. The van der Waals surface area contributed by atoms with Crippen molar-refractivity contribution in [3.05, 3.63) is 53.6 Å². The third-order valence-corrected chi connectivity index (χ3v) is 4.71. The van der Waals surface area contributed by atoms with Gasteiger partial charge in [0, 0.05) is 5.69 Å². The normalized spacial score (nSPS) is 10.7. The second-order valence-corrected chi connectivity index (χ2v) is 7.59. The van der Waals surface area contributed by atoms with Gasteiger partial charge >= 0.3 is 0 Å². The monoisotopic (exact) mass is 373 g/mol. The maximum absolute atomic E-state index is 12.4. The van der Waals surface area contributed by atoms with Gasteiger partial charge in [0.1, 0.15) is 12.3 Å². The number of carbonyl (C=O) groups is 1. The highest BCUT2D eigenvalue weighted by Gasteiger charge is 2.24. The van der Waals surface area contributed by atoms with Gasteiger partial charge in [-0.2, -0.15) is 5.26 Å². The fourth-order valence-electron chi connectivity index (χ4n) is 2.34. The van der Waals surface area contributed by atoms with Crippen molar-refractivity contribution in [3.63, 3.8) is 0 Å². The standard InChI is InChI=1S/C18H19N3O4S/c1-13-4-9-17(25-2)16(10-13)21(26(3,23)24)12-18(22)20-15-7-5-14(11-19)6-8-15/h4-10H,12H2,1-3H3,(H,20,22). The molecule has 1 N–H and O–H groups in total.